The molecule has 19 heavy (non-hydrogen) atoms. The van der Waals surface area contributed by atoms with Crippen LogP contribution in [0, 0.1) is 0 Å². The van der Waals surface area contributed by atoms with Gasteiger partial charge in [-0.3, -0.25) is 4.79 Å². The van der Waals surface area contributed by atoms with Gasteiger partial charge in [-0.1, -0.05) is 6.07 Å². The molecule has 5 heteroatoms. The lowest BCUT2D eigenvalue weighted by molar-refractivity contribution is 0.0773. The van der Waals surface area contributed by atoms with E-state index in [0.717, 1.165) is 0 Å². The summed E-state index contributed by atoms with van der Waals surface area (Å²) in [5.74, 6) is 0.979. The van der Waals surface area contributed by atoms with Crippen LogP contribution in [0.4, 0.5) is 5.69 Å². The highest BCUT2D eigenvalue weighted by atomic mass is 16.5. The van der Waals surface area contributed by atoms with Crippen LogP contribution >= 0.6 is 0 Å². The first-order valence-corrected chi connectivity index (χ1v) is 5.83. The van der Waals surface area contributed by atoms with Crippen LogP contribution in [0.3, 0.4) is 0 Å². The van der Waals surface area contributed by atoms with Gasteiger partial charge in [0.25, 0.3) is 5.91 Å². The van der Waals surface area contributed by atoms with Gasteiger partial charge < -0.3 is 19.8 Å². The maximum absolute atomic E-state index is 12.4. The number of carbonyl (C=O) groups is 1. The number of hydrogen-bond donors (Lipinski definition) is 1. The van der Waals surface area contributed by atoms with E-state index in [4.69, 9.17) is 14.9 Å². The zero-order chi connectivity index (χ0) is 13.8. The molecule has 0 saturated heterocycles. The van der Waals surface area contributed by atoms with E-state index in [1.165, 1.54) is 12.0 Å². The zero-order valence-electron chi connectivity index (χ0n) is 10.9. The van der Waals surface area contributed by atoms with E-state index in [2.05, 4.69) is 0 Å². The number of rotatable bonds is 4. The largest absolute Gasteiger partial charge is 0.496 e. The fraction of sp³-hybridized carbons (Fsp3) is 0.214. The third kappa shape index (κ3) is 2.70. The molecule has 1 aromatic carbocycles. The van der Waals surface area contributed by atoms with E-state index in [9.17, 15) is 4.79 Å². The van der Waals surface area contributed by atoms with Crippen molar-refractivity contribution in [3.8, 4) is 5.75 Å². The first kappa shape index (κ1) is 13.0. The molecule has 0 aliphatic heterocycles. The molecule has 0 atom stereocenters. The van der Waals surface area contributed by atoms with E-state index in [0.29, 0.717) is 29.3 Å². The van der Waals surface area contributed by atoms with Crippen LogP contribution in [0.1, 0.15) is 16.1 Å². The number of nitrogens with two attached hydrogens (primary N) is 1. The maximum Gasteiger partial charge on any atom is 0.259 e. The van der Waals surface area contributed by atoms with Crippen molar-refractivity contribution < 1.29 is 13.9 Å². The molecule has 2 aromatic rings. The summed E-state index contributed by atoms with van der Waals surface area (Å²) in [6, 6.07) is 8.73. The Hall–Kier alpha value is -2.43. The second-order valence-corrected chi connectivity index (χ2v) is 4.17. The van der Waals surface area contributed by atoms with Crippen LogP contribution in [0.25, 0.3) is 0 Å². The van der Waals surface area contributed by atoms with Crippen LogP contribution in [0.2, 0.25) is 0 Å². The summed E-state index contributed by atoms with van der Waals surface area (Å²) in [4.78, 5) is 13.9. The Bertz CT molecular complexity index is 564. The van der Waals surface area contributed by atoms with Crippen molar-refractivity contribution in [1.82, 2.24) is 4.90 Å². The Morgan fingerprint density at radius 1 is 1.37 bits per heavy atom. The highest BCUT2D eigenvalue weighted by Gasteiger charge is 2.20. The van der Waals surface area contributed by atoms with E-state index in [1.807, 2.05) is 6.07 Å². The number of carbonyl (C=O) groups excluding carboxylic acids is 1. The molecule has 0 bridgehead atoms. The van der Waals surface area contributed by atoms with Crippen molar-refractivity contribution in [3.63, 3.8) is 0 Å². The summed E-state index contributed by atoms with van der Waals surface area (Å²) >= 11 is 0. The van der Waals surface area contributed by atoms with Crippen LogP contribution in [0.15, 0.2) is 41.0 Å². The van der Waals surface area contributed by atoms with E-state index in [1.54, 1.807) is 37.6 Å². The fourth-order valence-electron chi connectivity index (χ4n) is 1.85. The summed E-state index contributed by atoms with van der Waals surface area (Å²) in [6.07, 6.45) is 1.57. The molecule has 2 rings (SSSR count). The third-order valence-electron chi connectivity index (χ3n) is 2.81. The lowest BCUT2D eigenvalue weighted by Crippen LogP contribution is -2.27. The summed E-state index contributed by atoms with van der Waals surface area (Å²) in [6.45, 7) is 0.378. The number of hydrogen-bond acceptors (Lipinski definition) is 4. The Kier molecular flexibility index (Phi) is 3.75. The van der Waals surface area contributed by atoms with Gasteiger partial charge in [0.05, 0.1) is 19.9 Å². The average Bonchev–Trinajstić information content (AvgIpc) is 2.90. The van der Waals surface area contributed by atoms with Gasteiger partial charge in [-0.25, -0.2) is 0 Å². The highest BCUT2D eigenvalue weighted by molar-refractivity contribution is 6.01. The van der Waals surface area contributed by atoms with Crippen molar-refractivity contribution in [3.05, 3.63) is 47.9 Å². The normalized spacial score (nSPS) is 10.2. The fourth-order valence-corrected chi connectivity index (χ4v) is 1.85. The van der Waals surface area contributed by atoms with Gasteiger partial charge >= 0.3 is 0 Å². The zero-order valence-corrected chi connectivity index (χ0v) is 10.9. The summed E-state index contributed by atoms with van der Waals surface area (Å²) in [5, 5.41) is 0. The minimum absolute atomic E-state index is 0.202. The van der Waals surface area contributed by atoms with E-state index >= 15 is 0 Å². The molecular weight excluding hydrogens is 244 g/mol. The van der Waals surface area contributed by atoms with Crippen molar-refractivity contribution >= 4 is 11.6 Å². The predicted octanol–water partition coefficient (Wildman–Crippen LogP) is 2.14. The van der Waals surface area contributed by atoms with Crippen molar-refractivity contribution in [1.29, 1.82) is 0 Å². The minimum Gasteiger partial charge on any atom is -0.496 e. The minimum atomic E-state index is -0.202. The van der Waals surface area contributed by atoms with E-state index < -0.39 is 0 Å². The monoisotopic (exact) mass is 260 g/mol. The molecule has 1 amide bonds. The molecule has 100 valence electrons. The molecule has 5 nitrogen and oxygen atoms in total. The van der Waals surface area contributed by atoms with Gasteiger partial charge in [0.15, 0.2) is 0 Å². The van der Waals surface area contributed by atoms with Crippen molar-refractivity contribution in [2.75, 3.05) is 19.9 Å². The average molecular weight is 260 g/mol. The first-order chi connectivity index (χ1) is 9.13. The standard InChI is InChI=1S/C14H16N2O3/c1-16(9-10-5-4-8-19-10)14(17)13-11(15)6-3-7-12(13)18-2/h3-8H,9,15H2,1-2H3. The molecular formula is C14H16N2O3. The van der Waals surface area contributed by atoms with Gasteiger partial charge in [0, 0.05) is 12.7 Å². The Morgan fingerprint density at radius 3 is 2.79 bits per heavy atom. The molecule has 1 heterocycles. The molecule has 0 aliphatic rings. The summed E-state index contributed by atoms with van der Waals surface area (Å²) in [5.41, 5.74) is 6.63. The summed E-state index contributed by atoms with van der Waals surface area (Å²) < 4.78 is 10.4. The quantitative estimate of drug-likeness (QED) is 0.855. The Morgan fingerprint density at radius 2 is 2.16 bits per heavy atom. The second kappa shape index (κ2) is 5.48. The van der Waals surface area contributed by atoms with Gasteiger partial charge in [0.1, 0.15) is 17.1 Å². The first-order valence-electron chi connectivity index (χ1n) is 5.83. The number of methoxy groups -OCH3 is 1. The van der Waals surface area contributed by atoms with Crippen LogP contribution in [-0.4, -0.2) is 25.0 Å². The maximum atomic E-state index is 12.4. The molecule has 0 fully saturated rings. The number of nitrogens with zero attached hydrogens (tertiary/aromatic N) is 1. The number of benzene rings is 1. The topological polar surface area (TPSA) is 68.7 Å². The lowest BCUT2D eigenvalue weighted by Gasteiger charge is -2.18. The SMILES string of the molecule is COc1cccc(N)c1C(=O)N(C)Cc1ccco1. The number of nitrogen functional groups attached to an aromatic ring is 1. The smallest absolute Gasteiger partial charge is 0.259 e. The third-order valence-corrected chi connectivity index (χ3v) is 2.81. The van der Waals surface area contributed by atoms with Crippen LogP contribution in [0.5, 0.6) is 5.75 Å². The van der Waals surface area contributed by atoms with Gasteiger partial charge in [-0.2, -0.15) is 0 Å². The molecule has 1 aromatic heterocycles. The molecule has 0 saturated carbocycles. The molecule has 0 unspecified atom stereocenters. The lowest BCUT2D eigenvalue weighted by atomic mass is 10.1. The van der Waals surface area contributed by atoms with Gasteiger partial charge in [-0.05, 0) is 24.3 Å². The molecule has 2 N–H and O–H groups in total. The van der Waals surface area contributed by atoms with Crippen LogP contribution in [-0.2, 0) is 6.54 Å². The predicted molar refractivity (Wildman–Crippen MR) is 71.9 cm³/mol. The second-order valence-electron chi connectivity index (χ2n) is 4.17. The number of anilines is 1. The Labute approximate surface area is 111 Å². The van der Waals surface area contributed by atoms with E-state index in [-0.39, 0.29) is 5.91 Å². The highest BCUT2D eigenvalue weighted by Crippen LogP contribution is 2.25. The molecule has 0 radical (unpaired) electrons. The Balaban J connectivity index is 2.24. The van der Waals surface area contributed by atoms with Gasteiger partial charge in [-0.15, -0.1) is 0 Å². The number of ether oxygens (including phenoxy) is 1. The van der Waals surface area contributed by atoms with Gasteiger partial charge in [0.2, 0.25) is 0 Å². The van der Waals surface area contributed by atoms with Crippen molar-refractivity contribution in [2.24, 2.45) is 0 Å². The molecule has 0 spiro atoms. The van der Waals surface area contributed by atoms with Crippen molar-refractivity contribution in [2.45, 2.75) is 6.54 Å². The number of amides is 1. The summed E-state index contributed by atoms with van der Waals surface area (Å²) in [7, 11) is 3.20. The van der Waals surface area contributed by atoms with Crippen LogP contribution < -0.4 is 10.5 Å². The molecule has 0 aliphatic carbocycles. The number of furan rings is 1.